The molecule has 3 heterocycles. The van der Waals surface area contributed by atoms with E-state index in [2.05, 4.69) is 16.8 Å². The number of methoxy groups -OCH3 is 1. The zero-order valence-electron chi connectivity index (χ0n) is 20.7. The number of hydrogen-bond donors (Lipinski definition) is 1. The van der Waals surface area contributed by atoms with E-state index in [1.807, 2.05) is 43.0 Å². The second-order valence-corrected chi connectivity index (χ2v) is 10.2. The van der Waals surface area contributed by atoms with Crippen LogP contribution < -0.4 is 14.8 Å². The molecule has 8 nitrogen and oxygen atoms in total. The van der Waals surface area contributed by atoms with Crippen LogP contribution in [-0.2, 0) is 16.0 Å². The molecule has 3 amide bonds. The summed E-state index contributed by atoms with van der Waals surface area (Å²) in [5.74, 6) is 1.20. The number of amides is 3. The summed E-state index contributed by atoms with van der Waals surface area (Å²) >= 11 is 1.71. The van der Waals surface area contributed by atoms with Gasteiger partial charge < -0.3 is 29.3 Å². The van der Waals surface area contributed by atoms with Gasteiger partial charge in [0.05, 0.1) is 19.3 Å². The fourth-order valence-electron chi connectivity index (χ4n) is 4.63. The average Bonchev–Trinajstić information content (AvgIpc) is 3.53. The summed E-state index contributed by atoms with van der Waals surface area (Å²) in [5.41, 5.74) is 1.11. The number of benzene rings is 1. The van der Waals surface area contributed by atoms with Crippen LogP contribution in [0.4, 0.5) is 4.79 Å². The van der Waals surface area contributed by atoms with Crippen molar-refractivity contribution in [2.24, 2.45) is 0 Å². The molecule has 4 rings (SSSR count). The van der Waals surface area contributed by atoms with Gasteiger partial charge in [-0.25, -0.2) is 4.79 Å². The monoisotopic (exact) mass is 501 g/mol. The van der Waals surface area contributed by atoms with Crippen LogP contribution in [0.5, 0.6) is 11.5 Å². The lowest BCUT2D eigenvalue weighted by Crippen LogP contribution is -2.52. The van der Waals surface area contributed by atoms with E-state index in [1.165, 1.54) is 4.88 Å². The predicted octanol–water partition coefficient (Wildman–Crippen LogP) is 3.86. The van der Waals surface area contributed by atoms with Crippen molar-refractivity contribution in [3.8, 4) is 11.5 Å². The van der Waals surface area contributed by atoms with Gasteiger partial charge in [-0.05, 0) is 62.3 Å². The number of fused-ring (bicyclic) bond motifs is 1. The van der Waals surface area contributed by atoms with Gasteiger partial charge in [-0.2, -0.15) is 0 Å². The van der Waals surface area contributed by atoms with Crippen LogP contribution in [0.3, 0.4) is 0 Å². The quantitative estimate of drug-likeness (QED) is 0.564. The van der Waals surface area contributed by atoms with Crippen molar-refractivity contribution < 1.29 is 23.8 Å². The van der Waals surface area contributed by atoms with Crippen molar-refractivity contribution in [3.63, 3.8) is 0 Å². The van der Waals surface area contributed by atoms with Gasteiger partial charge in [0.15, 0.2) is 11.5 Å². The third kappa shape index (κ3) is 6.27. The van der Waals surface area contributed by atoms with Gasteiger partial charge in [0.1, 0.15) is 13.2 Å². The summed E-state index contributed by atoms with van der Waals surface area (Å²) in [4.78, 5) is 31.3. The molecule has 35 heavy (non-hydrogen) atoms. The Labute approximate surface area is 211 Å². The lowest BCUT2D eigenvalue weighted by Gasteiger charge is -2.37. The Bertz CT molecular complexity index is 1000. The zero-order valence-corrected chi connectivity index (χ0v) is 21.5. The number of urea groups is 1. The second-order valence-electron chi connectivity index (χ2n) is 9.23. The van der Waals surface area contributed by atoms with Gasteiger partial charge in [-0.1, -0.05) is 12.1 Å². The maximum Gasteiger partial charge on any atom is 0.318 e. The summed E-state index contributed by atoms with van der Waals surface area (Å²) < 4.78 is 17.3. The van der Waals surface area contributed by atoms with Crippen LogP contribution in [0.1, 0.15) is 43.2 Å². The highest BCUT2D eigenvalue weighted by molar-refractivity contribution is 7.10. The lowest BCUT2D eigenvalue weighted by molar-refractivity contribution is -0.135. The van der Waals surface area contributed by atoms with E-state index < -0.39 is 0 Å². The Morgan fingerprint density at radius 3 is 2.77 bits per heavy atom. The number of rotatable bonds is 9. The largest absolute Gasteiger partial charge is 0.493 e. The molecule has 0 radical (unpaired) electrons. The van der Waals surface area contributed by atoms with Crippen LogP contribution in [0.2, 0.25) is 0 Å². The van der Waals surface area contributed by atoms with Crippen molar-refractivity contribution in [1.29, 1.82) is 0 Å². The Morgan fingerprint density at radius 1 is 1.26 bits per heavy atom. The minimum Gasteiger partial charge on any atom is -0.493 e. The molecule has 0 spiro atoms. The van der Waals surface area contributed by atoms with Crippen LogP contribution in [0, 0.1) is 0 Å². The molecule has 2 aliphatic heterocycles. The van der Waals surface area contributed by atoms with Gasteiger partial charge >= 0.3 is 6.03 Å². The van der Waals surface area contributed by atoms with Gasteiger partial charge in [0.25, 0.3) is 0 Å². The number of para-hydroxylation sites is 2. The summed E-state index contributed by atoms with van der Waals surface area (Å²) in [6.45, 7) is 5.84. The van der Waals surface area contributed by atoms with Crippen molar-refractivity contribution in [3.05, 3.63) is 46.2 Å². The number of nitrogens with zero attached hydrogens (tertiary/aromatic N) is 2. The molecule has 2 aliphatic rings. The molecule has 1 aromatic carbocycles. The lowest BCUT2D eigenvalue weighted by atomic mass is 10.0. The van der Waals surface area contributed by atoms with E-state index >= 15 is 0 Å². The number of thiophene rings is 1. The summed E-state index contributed by atoms with van der Waals surface area (Å²) in [5, 5.41) is 4.99. The minimum atomic E-state index is -0.237. The first-order valence-electron chi connectivity index (χ1n) is 12.2. The summed E-state index contributed by atoms with van der Waals surface area (Å²) in [7, 11) is 1.61. The third-order valence-corrected chi connectivity index (χ3v) is 7.35. The Hall–Kier alpha value is -2.78. The highest BCUT2D eigenvalue weighted by atomic mass is 32.1. The van der Waals surface area contributed by atoms with E-state index in [0.717, 1.165) is 24.8 Å². The number of carbonyl (C=O) groups is 2. The van der Waals surface area contributed by atoms with E-state index in [-0.39, 0.29) is 36.7 Å². The zero-order chi connectivity index (χ0) is 24.8. The highest BCUT2D eigenvalue weighted by Crippen LogP contribution is 2.35. The molecule has 0 bridgehead atoms. The maximum atomic E-state index is 13.6. The molecule has 2 aromatic rings. The molecule has 1 fully saturated rings. The van der Waals surface area contributed by atoms with E-state index in [9.17, 15) is 9.59 Å². The van der Waals surface area contributed by atoms with Gasteiger partial charge in [-0.15, -0.1) is 11.3 Å². The first-order chi connectivity index (χ1) is 17.0. The van der Waals surface area contributed by atoms with Crippen LogP contribution >= 0.6 is 11.3 Å². The van der Waals surface area contributed by atoms with Crippen molar-refractivity contribution in [2.75, 3.05) is 40.0 Å². The van der Waals surface area contributed by atoms with Gasteiger partial charge in [-0.3, -0.25) is 4.79 Å². The van der Waals surface area contributed by atoms with Gasteiger partial charge in [0.2, 0.25) is 5.91 Å². The molecule has 9 heteroatoms. The smallest absolute Gasteiger partial charge is 0.318 e. The number of nitrogens with one attached hydrogen (secondary N) is 1. The first-order valence-corrected chi connectivity index (χ1v) is 13.1. The van der Waals surface area contributed by atoms with Crippen LogP contribution in [0.25, 0.3) is 0 Å². The topological polar surface area (TPSA) is 80.3 Å². The SMILES string of the molecule is COc1ccccc1OC[C@@H]1c2ccsc2CCN1C(=O)CN(C[C@@H]1CCCO1)C(=O)NC(C)C. The fourth-order valence-corrected chi connectivity index (χ4v) is 5.56. The summed E-state index contributed by atoms with van der Waals surface area (Å²) in [6.07, 6.45) is 2.65. The van der Waals surface area contributed by atoms with E-state index in [4.69, 9.17) is 14.2 Å². The second kappa shape index (κ2) is 11.8. The van der Waals surface area contributed by atoms with E-state index in [0.29, 0.717) is 37.8 Å². The molecule has 1 aromatic heterocycles. The molecule has 2 atom stereocenters. The fraction of sp³-hybridized carbons (Fsp3) is 0.538. The molecule has 0 aliphatic carbocycles. The highest BCUT2D eigenvalue weighted by Gasteiger charge is 2.34. The number of carbonyl (C=O) groups excluding carboxylic acids is 2. The van der Waals surface area contributed by atoms with Crippen LogP contribution in [0.15, 0.2) is 35.7 Å². The van der Waals surface area contributed by atoms with Crippen molar-refractivity contribution in [1.82, 2.24) is 15.1 Å². The number of hydrogen-bond acceptors (Lipinski definition) is 6. The first kappa shape index (κ1) is 25.3. The maximum absolute atomic E-state index is 13.6. The predicted molar refractivity (Wildman–Crippen MR) is 135 cm³/mol. The van der Waals surface area contributed by atoms with E-state index in [1.54, 1.807) is 23.3 Å². The molecule has 0 unspecified atom stereocenters. The molecular weight excluding hydrogens is 466 g/mol. The molecule has 1 saturated heterocycles. The Kier molecular flexibility index (Phi) is 8.51. The Balaban J connectivity index is 1.50. The minimum absolute atomic E-state index is 0.00302. The molecule has 190 valence electrons. The van der Waals surface area contributed by atoms with Crippen molar-refractivity contribution >= 4 is 23.3 Å². The Morgan fingerprint density at radius 2 is 2.06 bits per heavy atom. The average molecular weight is 502 g/mol. The van der Waals surface area contributed by atoms with Crippen LogP contribution in [-0.4, -0.2) is 73.8 Å². The molecular formula is C26H35N3O5S. The standard InChI is InChI=1S/C26H35N3O5S/c1-18(2)27-26(31)28(15-19-7-6-13-33-19)16-25(30)29-12-10-24-20(11-14-35-24)21(29)17-34-23-9-5-4-8-22(23)32-3/h4-5,8-9,11,14,18-19,21H,6-7,10,12-13,15-17H2,1-3H3,(H,27,31)/t19-,21+/m0/s1. The molecule has 0 saturated carbocycles. The third-order valence-electron chi connectivity index (χ3n) is 6.35. The molecule has 1 N–H and O–H groups in total. The normalized spacial score (nSPS) is 19.4. The number of ether oxygens (including phenoxy) is 3. The van der Waals surface area contributed by atoms with Gasteiger partial charge in [0, 0.05) is 30.6 Å². The summed E-state index contributed by atoms with van der Waals surface area (Å²) in [6, 6.07) is 9.09. The van der Waals surface area contributed by atoms with Crippen molar-refractivity contribution in [2.45, 2.75) is 51.3 Å².